The first-order valence-electron chi connectivity index (χ1n) is 3.35. The third-order valence-electron chi connectivity index (χ3n) is 1.21. The topological polar surface area (TPSA) is 65.3 Å². The molecule has 0 N–H and O–H groups in total. The van der Waals surface area contributed by atoms with Crippen LogP contribution in [0.5, 0.6) is 5.88 Å². The molecular formula is C6H2BrF3N2O3. The minimum absolute atomic E-state index is 0.184. The van der Waals surface area contributed by atoms with Gasteiger partial charge in [-0.2, -0.15) is 0 Å². The summed E-state index contributed by atoms with van der Waals surface area (Å²) in [6.07, 6.45) is -4.04. The fourth-order valence-electron chi connectivity index (χ4n) is 0.735. The summed E-state index contributed by atoms with van der Waals surface area (Å²) >= 11 is 2.84. The van der Waals surface area contributed by atoms with Crippen LogP contribution in [0.1, 0.15) is 0 Å². The number of nitro groups is 1. The zero-order valence-corrected chi connectivity index (χ0v) is 8.37. The van der Waals surface area contributed by atoms with E-state index in [1.54, 1.807) is 0 Å². The van der Waals surface area contributed by atoms with E-state index in [0.717, 1.165) is 12.3 Å². The van der Waals surface area contributed by atoms with Crippen LogP contribution in [-0.4, -0.2) is 16.3 Å². The highest BCUT2D eigenvalue weighted by Gasteiger charge is 2.35. The highest BCUT2D eigenvalue weighted by atomic mass is 79.9. The van der Waals surface area contributed by atoms with E-state index in [9.17, 15) is 23.3 Å². The van der Waals surface area contributed by atoms with E-state index in [1.165, 1.54) is 0 Å². The third kappa shape index (κ3) is 3.35. The van der Waals surface area contributed by atoms with Crippen LogP contribution >= 0.6 is 15.9 Å². The fourth-order valence-corrected chi connectivity index (χ4v) is 1.05. The maximum atomic E-state index is 11.8. The molecular weight excluding hydrogens is 285 g/mol. The summed E-state index contributed by atoms with van der Waals surface area (Å²) in [6, 6.07) is 0.869. The van der Waals surface area contributed by atoms with Crippen molar-refractivity contribution in [3.63, 3.8) is 0 Å². The summed E-state index contributed by atoms with van der Waals surface area (Å²) in [6.45, 7) is 0. The maximum absolute atomic E-state index is 11.8. The molecule has 5 nitrogen and oxygen atoms in total. The van der Waals surface area contributed by atoms with Crippen molar-refractivity contribution >= 4 is 21.6 Å². The predicted molar refractivity (Wildman–Crippen MR) is 45.3 cm³/mol. The number of hydrogen-bond donors (Lipinski definition) is 0. The summed E-state index contributed by atoms with van der Waals surface area (Å²) in [5.74, 6) is -1.09. The standard InChI is InChI=1S/C6H2BrF3N2O3/c7-3-1-4(12(13)14)5(11-2-3)15-6(8,9)10/h1-2H. The van der Waals surface area contributed by atoms with Gasteiger partial charge < -0.3 is 4.74 Å². The first kappa shape index (κ1) is 11.7. The van der Waals surface area contributed by atoms with Crippen molar-refractivity contribution in [3.05, 3.63) is 26.9 Å². The van der Waals surface area contributed by atoms with Crippen LogP contribution in [0, 0.1) is 10.1 Å². The summed E-state index contributed by atoms with van der Waals surface area (Å²) in [7, 11) is 0. The Morgan fingerprint density at radius 2 is 2.13 bits per heavy atom. The lowest BCUT2D eigenvalue weighted by Crippen LogP contribution is -2.18. The molecule has 0 atom stereocenters. The first-order valence-corrected chi connectivity index (χ1v) is 4.14. The van der Waals surface area contributed by atoms with E-state index in [2.05, 4.69) is 25.7 Å². The number of ether oxygens (including phenoxy) is 1. The van der Waals surface area contributed by atoms with E-state index < -0.39 is 22.9 Å². The molecule has 0 aromatic carbocycles. The van der Waals surface area contributed by atoms with Crippen molar-refractivity contribution < 1.29 is 22.8 Å². The van der Waals surface area contributed by atoms with Gasteiger partial charge in [-0.15, -0.1) is 13.2 Å². The van der Waals surface area contributed by atoms with Crippen molar-refractivity contribution in [2.75, 3.05) is 0 Å². The normalized spacial score (nSPS) is 11.2. The van der Waals surface area contributed by atoms with Crippen molar-refractivity contribution in [1.82, 2.24) is 4.98 Å². The Hall–Kier alpha value is -1.38. The maximum Gasteiger partial charge on any atom is 0.574 e. The van der Waals surface area contributed by atoms with Gasteiger partial charge in [-0.25, -0.2) is 4.98 Å². The predicted octanol–water partition coefficient (Wildman–Crippen LogP) is 2.65. The molecule has 0 amide bonds. The van der Waals surface area contributed by atoms with Crippen LogP contribution in [0.15, 0.2) is 16.7 Å². The number of halogens is 4. The van der Waals surface area contributed by atoms with Crippen LogP contribution in [0.4, 0.5) is 18.9 Å². The van der Waals surface area contributed by atoms with Crippen molar-refractivity contribution in [3.8, 4) is 5.88 Å². The van der Waals surface area contributed by atoms with Crippen LogP contribution < -0.4 is 4.74 Å². The largest absolute Gasteiger partial charge is 0.574 e. The molecule has 9 heteroatoms. The zero-order chi connectivity index (χ0) is 11.6. The molecule has 1 heterocycles. The lowest BCUT2D eigenvalue weighted by atomic mass is 10.4. The van der Waals surface area contributed by atoms with E-state index >= 15 is 0 Å². The van der Waals surface area contributed by atoms with Gasteiger partial charge in [0.25, 0.3) is 0 Å². The molecule has 0 saturated heterocycles. The number of hydrogen-bond acceptors (Lipinski definition) is 4. The van der Waals surface area contributed by atoms with Crippen LogP contribution in [0.3, 0.4) is 0 Å². The molecule has 0 spiro atoms. The fraction of sp³-hybridized carbons (Fsp3) is 0.167. The number of nitrogens with zero attached hydrogens (tertiary/aromatic N) is 2. The molecule has 0 fully saturated rings. The Morgan fingerprint density at radius 1 is 1.53 bits per heavy atom. The lowest BCUT2D eigenvalue weighted by Gasteiger charge is -2.07. The number of alkyl halides is 3. The van der Waals surface area contributed by atoms with Gasteiger partial charge in [-0.05, 0) is 15.9 Å². The smallest absolute Gasteiger partial charge is 0.381 e. The van der Waals surface area contributed by atoms with Gasteiger partial charge in [-0.3, -0.25) is 10.1 Å². The molecule has 82 valence electrons. The first-order chi connectivity index (χ1) is 6.79. The average molecular weight is 287 g/mol. The van der Waals surface area contributed by atoms with E-state index in [0.29, 0.717) is 0 Å². The van der Waals surface area contributed by atoms with Crippen molar-refractivity contribution in [1.29, 1.82) is 0 Å². The highest BCUT2D eigenvalue weighted by molar-refractivity contribution is 9.10. The second-order valence-corrected chi connectivity index (χ2v) is 3.20. The molecule has 1 aromatic heterocycles. The molecule has 1 aromatic rings. The lowest BCUT2D eigenvalue weighted by molar-refractivity contribution is -0.389. The number of aromatic nitrogens is 1. The zero-order valence-electron chi connectivity index (χ0n) is 6.79. The summed E-state index contributed by atoms with van der Waals surface area (Å²) in [4.78, 5) is 12.5. The summed E-state index contributed by atoms with van der Waals surface area (Å²) < 4.78 is 38.9. The molecule has 15 heavy (non-hydrogen) atoms. The molecule has 0 aliphatic rings. The van der Waals surface area contributed by atoms with Gasteiger partial charge in [0.1, 0.15) is 0 Å². The van der Waals surface area contributed by atoms with Gasteiger partial charge in [0, 0.05) is 16.7 Å². The molecule has 0 radical (unpaired) electrons. The molecule has 0 bridgehead atoms. The quantitative estimate of drug-likeness (QED) is 0.619. The number of pyridine rings is 1. The minimum atomic E-state index is -5.01. The SMILES string of the molecule is O=[N+]([O-])c1cc(Br)cnc1OC(F)(F)F. The summed E-state index contributed by atoms with van der Waals surface area (Å²) in [5, 5.41) is 10.4. The molecule has 0 unspecified atom stereocenters. The average Bonchev–Trinajstić information content (AvgIpc) is 2.05. The Kier molecular flexibility index (Phi) is 3.12. The van der Waals surface area contributed by atoms with Crippen LogP contribution in [0.25, 0.3) is 0 Å². The van der Waals surface area contributed by atoms with Gasteiger partial charge in [0.2, 0.25) is 0 Å². The van der Waals surface area contributed by atoms with Crippen LogP contribution in [-0.2, 0) is 0 Å². The molecule has 1 rings (SSSR count). The van der Waals surface area contributed by atoms with Crippen molar-refractivity contribution in [2.45, 2.75) is 6.36 Å². The monoisotopic (exact) mass is 286 g/mol. The van der Waals surface area contributed by atoms with E-state index in [4.69, 9.17) is 0 Å². The van der Waals surface area contributed by atoms with Gasteiger partial charge >= 0.3 is 17.9 Å². The van der Waals surface area contributed by atoms with Gasteiger partial charge in [0.05, 0.1) is 4.92 Å². The van der Waals surface area contributed by atoms with E-state index in [1.807, 2.05) is 0 Å². The highest BCUT2D eigenvalue weighted by Crippen LogP contribution is 2.31. The van der Waals surface area contributed by atoms with Gasteiger partial charge in [-0.1, -0.05) is 0 Å². The second-order valence-electron chi connectivity index (χ2n) is 2.28. The Labute approximate surface area is 89.1 Å². The molecule has 0 aliphatic heterocycles. The molecule has 0 saturated carbocycles. The third-order valence-corrected chi connectivity index (χ3v) is 1.64. The van der Waals surface area contributed by atoms with Gasteiger partial charge in [0.15, 0.2) is 0 Å². The Bertz CT molecular complexity index is 396. The Balaban J connectivity index is 3.12. The summed E-state index contributed by atoms with van der Waals surface area (Å²) in [5.41, 5.74) is -0.860. The number of rotatable bonds is 2. The minimum Gasteiger partial charge on any atom is -0.381 e. The second kappa shape index (κ2) is 4.01. The van der Waals surface area contributed by atoms with Crippen LogP contribution in [0.2, 0.25) is 0 Å². The Morgan fingerprint density at radius 3 is 2.60 bits per heavy atom. The van der Waals surface area contributed by atoms with E-state index in [-0.39, 0.29) is 4.47 Å². The van der Waals surface area contributed by atoms with Crippen molar-refractivity contribution in [2.24, 2.45) is 0 Å². The molecule has 0 aliphatic carbocycles.